The van der Waals surface area contributed by atoms with Crippen molar-refractivity contribution in [2.24, 2.45) is 0 Å². The molecule has 4 aliphatic rings. The molecule has 4 fully saturated rings. The van der Waals surface area contributed by atoms with E-state index in [1.807, 2.05) is 0 Å². The van der Waals surface area contributed by atoms with E-state index < -0.39 is 5.82 Å². The summed E-state index contributed by atoms with van der Waals surface area (Å²) in [6.45, 7) is 3.73. The van der Waals surface area contributed by atoms with Gasteiger partial charge in [0.25, 0.3) is 0 Å². The van der Waals surface area contributed by atoms with Crippen molar-refractivity contribution >= 4 is 45.2 Å². The smallest absolute Gasteiger partial charge is 0.319 e. The van der Waals surface area contributed by atoms with E-state index in [0.717, 1.165) is 58.2 Å². The van der Waals surface area contributed by atoms with Crippen molar-refractivity contribution in [3.8, 4) is 17.1 Å². The number of fused-ring (bicyclic) bond motifs is 5. The topological polar surface area (TPSA) is 115 Å². The maximum atomic E-state index is 16.7. The first-order valence-corrected chi connectivity index (χ1v) is 15.5. The number of aromatic nitrogens is 3. The van der Waals surface area contributed by atoms with Crippen LogP contribution in [0, 0.1) is 5.82 Å². The van der Waals surface area contributed by atoms with Crippen LogP contribution in [0.15, 0.2) is 28.9 Å². The number of furan rings is 1. The van der Waals surface area contributed by atoms with Crippen LogP contribution < -0.4 is 20.7 Å². The molecule has 12 heteroatoms. The highest BCUT2D eigenvalue weighted by Crippen LogP contribution is 2.44. The van der Waals surface area contributed by atoms with Gasteiger partial charge in [-0.15, -0.1) is 0 Å². The molecule has 0 amide bonds. The summed E-state index contributed by atoms with van der Waals surface area (Å²) in [6, 6.07) is 6.40. The van der Waals surface area contributed by atoms with Crippen LogP contribution in [0.4, 0.5) is 16.0 Å². The molecule has 4 aromatic rings. The van der Waals surface area contributed by atoms with Crippen LogP contribution in [0.5, 0.6) is 6.01 Å². The molecule has 4 saturated heterocycles. The number of halogens is 2. The Morgan fingerprint density at radius 2 is 1.98 bits per heavy atom. The van der Waals surface area contributed by atoms with Crippen LogP contribution >= 0.6 is 11.6 Å². The van der Waals surface area contributed by atoms with Gasteiger partial charge in [0.15, 0.2) is 11.4 Å². The van der Waals surface area contributed by atoms with E-state index in [4.69, 9.17) is 41.2 Å². The van der Waals surface area contributed by atoms with Gasteiger partial charge in [0, 0.05) is 49.3 Å². The van der Waals surface area contributed by atoms with Crippen LogP contribution in [0.3, 0.4) is 0 Å². The van der Waals surface area contributed by atoms with Gasteiger partial charge in [0.05, 0.1) is 22.7 Å². The number of nitrogens with one attached hydrogen (secondary N) is 1. The van der Waals surface area contributed by atoms with Gasteiger partial charge in [-0.1, -0.05) is 11.6 Å². The van der Waals surface area contributed by atoms with Gasteiger partial charge in [-0.3, -0.25) is 4.90 Å². The molecule has 226 valence electrons. The molecule has 2 unspecified atom stereocenters. The lowest BCUT2D eigenvalue weighted by molar-refractivity contribution is 0.0521. The Bertz CT molecular complexity index is 1710. The van der Waals surface area contributed by atoms with E-state index in [1.54, 1.807) is 25.3 Å². The summed E-state index contributed by atoms with van der Waals surface area (Å²) < 4.78 is 34.3. The Morgan fingerprint density at radius 1 is 1.14 bits per heavy atom. The number of benzene rings is 1. The predicted molar refractivity (Wildman–Crippen MR) is 163 cm³/mol. The van der Waals surface area contributed by atoms with E-state index in [9.17, 15) is 0 Å². The van der Waals surface area contributed by atoms with Crippen molar-refractivity contribution in [2.45, 2.75) is 62.2 Å². The number of pyridine rings is 1. The van der Waals surface area contributed by atoms with E-state index in [0.29, 0.717) is 65.0 Å². The fourth-order valence-electron chi connectivity index (χ4n) is 7.97. The quantitative estimate of drug-likeness (QED) is 0.304. The molecule has 3 N–H and O–H groups in total. The van der Waals surface area contributed by atoms with Crippen molar-refractivity contribution in [1.29, 1.82) is 0 Å². The summed E-state index contributed by atoms with van der Waals surface area (Å²) in [7, 11) is 1.76. The van der Waals surface area contributed by atoms with Crippen molar-refractivity contribution in [2.75, 3.05) is 50.6 Å². The van der Waals surface area contributed by atoms with Gasteiger partial charge in [-0.2, -0.15) is 9.97 Å². The number of nitrogens with two attached hydrogens (primary N) is 1. The lowest BCUT2D eigenvalue weighted by Crippen LogP contribution is -2.51. The Labute approximate surface area is 253 Å². The minimum Gasteiger partial charge on any atom is -0.462 e. The van der Waals surface area contributed by atoms with Crippen molar-refractivity contribution in [1.82, 2.24) is 25.2 Å². The highest BCUT2D eigenvalue weighted by Gasteiger charge is 2.49. The van der Waals surface area contributed by atoms with Crippen molar-refractivity contribution in [3.63, 3.8) is 0 Å². The molecule has 4 aliphatic heterocycles. The fraction of sp³-hybridized carbons (Fsp3) is 0.516. The molecule has 1 aromatic carbocycles. The summed E-state index contributed by atoms with van der Waals surface area (Å²) in [4.78, 5) is 18.8. The van der Waals surface area contributed by atoms with Gasteiger partial charge in [0.2, 0.25) is 0 Å². The first-order chi connectivity index (χ1) is 20.9. The molecular weight excluding hydrogens is 573 g/mol. The molecule has 0 saturated carbocycles. The number of ether oxygens (including phenoxy) is 2. The minimum absolute atomic E-state index is 0.0825. The molecule has 4 atom stereocenters. The van der Waals surface area contributed by atoms with Crippen molar-refractivity contribution in [3.05, 3.63) is 35.3 Å². The highest BCUT2D eigenvalue weighted by atomic mass is 35.5. The van der Waals surface area contributed by atoms with Gasteiger partial charge in [0.1, 0.15) is 35.5 Å². The Kier molecular flexibility index (Phi) is 6.63. The van der Waals surface area contributed by atoms with E-state index in [1.165, 1.54) is 6.26 Å². The molecule has 0 radical (unpaired) electrons. The third-order valence-corrected chi connectivity index (χ3v) is 10.2. The number of piperazine rings is 1. The molecule has 0 spiro atoms. The molecule has 7 heterocycles. The van der Waals surface area contributed by atoms with E-state index in [-0.39, 0.29) is 27.7 Å². The summed E-state index contributed by atoms with van der Waals surface area (Å²) >= 11 is 6.83. The predicted octanol–water partition coefficient (Wildman–Crippen LogP) is 4.78. The zero-order chi connectivity index (χ0) is 29.3. The molecule has 3 aromatic heterocycles. The lowest BCUT2D eigenvalue weighted by atomic mass is 9.95. The summed E-state index contributed by atoms with van der Waals surface area (Å²) in [5.41, 5.74) is 7.56. The average molecular weight is 608 g/mol. The first-order valence-electron chi connectivity index (χ1n) is 15.2. The van der Waals surface area contributed by atoms with Gasteiger partial charge < -0.3 is 29.8 Å². The molecule has 0 aliphatic carbocycles. The van der Waals surface area contributed by atoms with E-state index in [2.05, 4.69) is 20.1 Å². The normalized spacial score (nSPS) is 27.0. The fourth-order valence-corrected chi connectivity index (χ4v) is 8.26. The average Bonchev–Trinajstić information content (AvgIpc) is 3.76. The second kappa shape index (κ2) is 10.4. The third kappa shape index (κ3) is 4.51. The second-order valence-electron chi connectivity index (χ2n) is 12.5. The second-order valence-corrected chi connectivity index (χ2v) is 12.9. The number of nitrogens with zero attached hydrogens (tertiary/aromatic N) is 5. The van der Waals surface area contributed by atoms with E-state index >= 15 is 4.39 Å². The summed E-state index contributed by atoms with van der Waals surface area (Å²) in [5.74, 6) is 0.387. The molecule has 10 nitrogen and oxygen atoms in total. The van der Waals surface area contributed by atoms with Crippen LogP contribution in [-0.4, -0.2) is 83.5 Å². The Morgan fingerprint density at radius 3 is 2.79 bits per heavy atom. The van der Waals surface area contributed by atoms with Gasteiger partial charge in [-0.25, -0.2) is 9.37 Å². The molecular formula is C31H35ClFN7O3. The van der Waals surface area contributed by atoms with Crippen LogP contribution in [0.2, 0.25) is 5.02 Å². The maximum Gasteiger partial charge on any atom is 0.319 e. The van der Waals surface area contributed by atoms with Crippen LogP contribution in [0.1, 0.15) is 38.5 Å². The number of nitrogen functional groups attached to an aromatic ring is 1. The maximum absolute atomic E-state index is 16.7. The molecule has 43 heavy (non-hydrogen) atoms. The largest absolute Gasteiger partial charge is 0.462 e. The standard InChI is InChI=1S/C31H35ClFN7O3/c1-41-14-19-7-9-31(8-2-10-40(19)31)16-43-30-37-28-20(29(38-30)39-12-17-3-4-18(13-39)35-17)11-22(32)25(26(28)33)21-15-42-23-5-6-24(34)36-27(21)23/h5-6,11,15,17-19,35H,2-4,7-10,12-14,16H2,1H3,(H2,34,36)/t17?,18?,19-,31-/m1/s1. The SMILES string of the molecule is COC[C@H]1CC[C@@]2(COc3nc(N4CC5CCC(C4)N5)c4cc(Cl)c(-c5coc6ccc(N)nc56)c(F)c4n3)CCCN12. The van der Waals surface area contributed by atoms with Crippen LogP contribution in [0.25, 0.3) is 33.1 Å². The number of methoxy groups -OCH3 is 1. The number of hydrogen-bond acceptors (Lipinski definition) is 10. The number of rotatable bonds is 7. The summed E-state index contributed by atoms with van der Waals surface area (Å²) in [5, 5.41) is 4.45. The lowest BCUT2D eigenvalue weighted by Gasteiger charge is -2.35. The van der Waals surface area contributed by atoms with Gasteiger partial charge >= 0.3 is 6.01 Å². The monoisotopic (exact) mass is 607 g/mol. The van der Waals surface area contributed by atoms with Crippen LogP contribution in [-0.2, 0) is 4.74 Å². The Hall–Kier alpha value is -3.25. The summed E-state index contributed by atoms with van der Waals surface area (Å²) in [6.07, 6.45) is 7.94. The molecule has 2 bridgehead atoms. The number of anilines is 2. The minimum atomic E-state index is -0.567. The first kappa shape index (κ1) is 27.3. The van der Waals surface area contributed by atoms with Crippen molar-refractivity contribution < 1.29 is 18.3 Å². The third-order valence-electron chi connectivity index (χ3n) is 9.93. The number of hydrogen-bond donors (Lipinski definition) is 2. The highest BCUT2D eigenvalue weighted by molar-refractivity contribution is 6.34. The zero-order valence-electron chi connectivity index (χ0n) is 24.1. The zero-order valence-corrected chi connectivity index (χ0v) is 24.9. The molecule has 8 rings (SSSR count). The van der Waals surface area contributed by atoms with Gasteiger partial charge in [-0.05, 0) is 63.3 Å². The Balaban J connectivity index is 1.22.